The average Bonchev–Trinajstić information content (AvgIpc) is 2.62. The largest absolute Gasteiger partial charge is 0.453 e. The number of aromatic nitrogens is 2. The van der Waals surface area contributed by atoms with Crippen molar-refractivity contribution in [2.75, 3.05) is 0 Å². The van der Waals surface area contributed by atoms with Crippen molar-refractivity contribution in [1.29, 1.82) is 0 Å². The van der Waals surface area contributed by atoms with Gasteiger partial charge in [-0.2, -0.15) is 5.10 Å². The molecule has 0 aliphatic carbocycles. The predicted molar refractivity (Wildman–Crippen MR) is 94.7 cm³/mol. The van der Waals surface area contributed by atoms with E-state index in [0.717, 1.165) is 22.9 Å². The number of ether oxygens (including phenoxy) is 1. The first-order valence-electron chi connectivity index (χ1n) is 8.30. The number of benzene rings is 2. The topological polar surface area (TPSA) is 61.2 Å². The molecule has 0 saturated carbocycles. The second-order valence-corrected chi connectivity index (χ2v) is 6.04. The Balaban J connectivity index is 1.97. The standard InChI is InChI=1S/C20H15F3N2O3/c1-11-10-17(26)19(24-25(11)16-9-4-3-6-13(16)21)20(27)28-12(2)18-14(22)7-5-8-15(18)23/h3-10,12H,1-2H3/t12-/m1/s1. The van der Waals surface area contributed by atoms with Crippen LogP contribution in [0.2, 0.25) is 0 Å². The normalized spacial score (nSPS) is 11.9. The Bertz CT molecular complexity index is 1090. The van der Waals surface area contributed by atoms with Crippen molar-refractivity contribution < 1.29 is 22.7 Å². The third-order valence-electron chi connectivity index (χ3n) is 4.07. The van der Waals surface area contributed by atoms with Crippen LogP contribution >= 0.6 is 0 Å². The lowest BCUT2D eigenvalue weighted by atomic mass is 10.1. The van der Waals surface area contributed by atoms with E-state index in [4.69, 9.17) is 4.74 Å². The van der Waals surface area contributed by atoms with E-state index in [2.05, 4.69) is 5.10 Å². The average molecular weight is 388 g/mol. The van der Waals surface area contributed by atoms with Crippen LogP contribution in [0.5, 0.6) is 0 Å². The van der Waals surface area contributed by atoms with Crippen molar-refractivity contribution in [1.82, 2.24) is 9.78 Å². The molecule has 0 unspecified atom stereocenters. The highest BCUT2D eigenvalue weighted by molar-refractivity contribution is 5.87. The minimum atomic E-state index is -1.31. The fraction of sp³-hybridized carbons (Fsp3) is 0.150. The monoisotopic (exact) mass is 388 g/mol. The van der Waals surface area contributed by atoms with E-state index in [0.29, 0.717) is 5.69 Å². The molecule has 144 valence electrons. The van der Waals surface area contributed by atoms with Gasteiger partial charge >= 0.3 is 5.97 Å². The summed E-state index contributed by atoms with van der Waals surface area (Å²) in [5, 5.41) is 3.90. The van der Waals surface area contributed by atoms with E-state index in [-0.39, 0.29) is 5.69 Å². The Kier molecular flexibility index (Phi) is 5.30. The number of hydrogen-bond acceptors (Lipinski definition) is 4. The summed E-state index contributed by atoms with van der Waals surface area (Å²) >= 11 is 0. The second-order valence-electron chi connectivity index (χ2n) is 6.04. The number of hydrogen-bond donors (Lipinski definition) is 0. The van der Waals surface area contributed by atoms with E-state index >= 15 is 0 Å². The van der Waals surface area contributed by atoms with Crippen molar-refractivity contribution in [2.24, 2.45) is 0 Å². The number of carbonyl (C=O) groups is 1. The third kappa shape index (κ3) is 3.66. The molecule has 0 bridgehead atoms. The minimum Gasteiger partial charge on any atom is -0.453 e. The fourth-order valence-electron chi connectivity index (χ4n) is 2.73. The molecule has 1 aromatic heterocycles. The van der Waals surface area contributed by atoms with Crippen LogP contribution in [0.25, 0.3) is 5.69 Å². The van der Waals surface area contributed by atoms with Gasteiger partial charge in [0, 0.05) is 11.8 Å². The molecular weight excluding hydrogens is 373 g/mol. The maximum absolute atomic E-state index is 14.1. The van der Waals surface area contributed by atoms with Crippen molar-refractivity contribution in [3.8, 4) is 5.69 Å². The summed E-state index contributed by atoms with van der Waals surface area (Å²) in [6.45, 7) is 2.79. The van der Waals surface area contributed by atoms with E-state index < -0.39 is 46.2 Å². The molecule has 0 aliphatic rings. The van der Waals surface area contributed by atoms with Crippen molar-refractivity contribution >= 4 is 5.97 Å². The number of esters is 1. The molecule has 3 aromatic rings. The van der Waals surface area contributed by atoms with Crippen LogP contribution in [-0.4, -0.2) is 15.7 Å². The smallest absolute Gasteiger partial charge is 0.363 e. The first kappa shape index (κ1) is 19.3. The number of aryl methyl sites for hydroxylation is 1. The van der Waals surface area contributed by atoms with Crippen LogP contribution in [0.3, 0.4) is 0 Å². The summed E-state index contributed by atoms with van der Waals surface area (Å²) in [4.78, 5) is 24.6. The van der Waals surface area contributed by atoms with E-state index in [9.17, 15) is 22.8 Å². The molecule has 0 aliphatic heterocycles. The van der Waals surface area contributed by atoms with E-state index in [1.807, 2.05) is 0 Å². The Morgan fingerprint density at radius 1 is 1.04 bits per heavy atom. The molecule has 0 radical (unpaired) electrons. The van der Waals surface area contributed by atoms with Crippen molar-refractivity contribution in [3.05, 3.63) is 93.2 Å². The summed E-state index contributed by atoms with van der Waals surface area (Å²) < 4.78 is 47.9. The highest BCUT2D eigenvalue weighted by atomic mass is 19.1. The zero-order chi connectivity index (χ0) is 20.4. The SMILES string of the molecule is Cc1cc(=O)c(C(=O)O[C@H](C)c2c(F)cccc2F)nn1-c1ccccc1F. The lowest BCUT2D eigenvalue weighted by Gasteiger charge is -2.16. The molecule has 0 amide bonds. The Labute approximate surface area is 158 Å². The minimum absolute atomic E-state index is 0.0299. The van der Waals surface area contributed by atoms with Crippen molar-refractivity contribution in [2.45, 2.75) is 20.0 Å². The Hall–Kier alpha value is -3.42. The maximum Gasteiger partial charge on any atom is 0.363 e. The second kappa shape index (κ2) is 7.67. The summed E-state index contributed by atoms with van der Waals surface area (Å²) in [6, 6.07) is 10.0. The van der Waals surface area contributed by atoms with Gasteiger partial charge in [-0.3, -0.25) is 4.79 Å². The van der Waals surface area contributed by atoms with Gasteiger partial charge in [0.25, 0.3) is 0 Å². The quantitative estimate of drug-likeness (QED) is 0.637. The van der Waals surface area contributed by atoms with E-state index in [1.165, 1.54) is 38.1 Å². The Morgan fingerprint density at radius 3 is 2.29 bits per heavy atom. The van der Waals surface area contributed by atoms with Crippen LogP contribution in [0, 0.1) is 24.4 Å². The molecule has 0 N–H and O–H groups in total. The van der Waals surface area contributed by atoms with Crippen LogP contribution in [0.15, 0.2) is 53.3 Å². The van der Waals surface area contributed by atoms with Crippen LogP contribution in [-0.2, 0) is 4.74 Å². The number of rotatable bonds is 4. The number of para-hydroxylation sites is 1. The van der Waals surface area contributed by atoms with Gasteiger partial charge in [-0.1, -0.05) is 18.2 Å². The van der Waals surface area contributed by atoms with Crippen LogP contribution in [0.4, 0.5) is 13.2 Å². The molecule has 0 spiro atoms. The Morgan fingerprint density at radius 2 is 1.64 bits per heavy atom. The summed E-state index contributed by atoms with van der Waals surface area (Å²) in [6.07, 6.45) is -1.31. The molecule has 1 heterocycles. The van der Waals surface area contributed by atoms with Crippen LogP contribution in [0.1, 0.15) is 34.8 Å². The number of halogens is 3. The highest BCUT2D eigenvalue weighted by Crippen LogP contribution is 2.24. The van der Waals surface area contributed by atoms with Gasteiger partial charge in [-0.15, -0.1) is 0 Å². The van der Waals surface area contributed by atoms with Gasteiger partial charge in [0.15, 0.2) is 0 Å². The molecule has 8 heteroatoms. The molecule has 28 heavy (non-hydrogen) atoms. The van der Waals surface area contributed by atoms with Crippen LogP contribution < -0.4 is 5.43 Å². The number of carbonyl (C=O) groups excluding carboxylic acids is 1. The highest BCUT2D eigenvalue weighted by Gasteiger charge is 2.24. The van der Waals surface area contributed by atoms with Gasteiger partial charge in [-0.25, -0.2) is 22.6 Å². The first-order chi connectivity index (χ1) is 13.3. The lowest BCUT2D eigenvalue weighted by molar-refractivity contribution is 0.0313. The molecule has 2 aromatic carbocycles. The molecular formula is C20H15F3N2O3. The molecule has 1 atom stereocenters. The van der Waals surface area contributed by atoms with Crippen molar-refractivity contribution in [3.63, 3.8) is 0 Å². The van der Waals surface area contributed by atoms with Gasteiger partial charge in [-0.05, 0) is 38.1 Å². The fourth-order valence-corrected chi connectivity index (χ4v) is 2.73. The van der Waals surface area contributed by atoms with Gasteiger partial charge in [0.2, 0.25) is 11.1 Å². The molecule has 0 fully saturated rings. The number of nitrogens with zero attached hydrogens (tertiary/aromatic N) is 2. The lowest BCUT2D eigenvalue weighted by Crippen LogP contribution is -2.25. The first-order valence-corrected chi connectivity index (χ1v) is 8.30. The predicted octanol–water partition coefficient (Wildman–Crippen LogP) is 3.88. The summed E-state index contributed by atoms with van der Waals surface area (Å²) in [5.74, 6) is -3.56. The third-order valence-corrected chi connectivity index (χ3v) is 4.07. The zero-order valence-corrected chi connectivity index (χ0v) is 14.9. The zero-order valence-electron chi connectivity index (χ0n) is 14.9. The van der Waals surface area contributed by atoms with Gasteiger partial charge in [0.1, 0.15) is 29.2 Å². The molecule has 3 rings (SSSR count). The summed E-state index contributed by atoms with van der Waals surface area (Å²) in [5.41, 5.74) is -1.51. The maximum atomic E-state index is 14.1. The van der Waals surface area contributed by atoms with E-state index in [1.54, 1.807) is 6.07 Å². The molecule has 0 saturated heterocycles. The molecule has 5 nitrogen and oxygen atoms in total. The summed E-state index contributed by atoms with van der Waals surface area (Å²) in [7, 11) is 0. The van der Waals surface area contributed by atoms with Gasteiger partial charge in [0.05, 0.1) is 5.56 Å². The van der Waals surface area contributed by atoms with Gasteiger partial charge < -0.3 is 4.74 Å².